The quantitative estimate of drug-likeness (QED) is 0.481. The molecule has 0 aliphatic heterocycles. The smallest absolute Gasteiger partial charge is 0.335 e. The van der Waals surface area contributed by atoms with E-state index in [2.05, 4.69) is 6.58 Å². The molecule has 2 aromatic rings. The lowest BCUT2D eigenvalue weighted by Crippen LogP contribution is -2.05. The van der Waals surface area contributed by atoms with Crippen LogP contribution in [-0.4, -0.2) is 13.1 Å². The third-order valence-corrected chi connectivity index (χ3v) is 3.04. The number of hydrogen-bond donors (Lipinski definition) is 0. The van der Waals surface area contributed by atoms with Crippen LogP contribution in [0.15, 0.2) is 55.1 Å². The van der Waals surface area contributed by atoms with E-state index in [9.17, 15) is 4.79 Å². The standard InChI is InChI=1S/C17H16O3/c1-4-16(18)20-15-11-10-14(12(2)17(15)19-3)13-8-6-5-7-9-13/h4-11H,1H2,2-3H3. The second-order valence-electron chi connectivity index (χ2n) is 4.26. The average molecular weight is 268 g/mol. The molecule has 0 spiro atoms. The zero-order chi connectivity index (χ0) is 14.5. The van der Waals surface area contributed by atoms with Crippen molar-refractivity contribution in [2.45, 2.75) is 6.92 Å². The molecule has 0 heterocycles. The van der Waals surface area contributed by atoms with Crippen molar-refractivity contribution in [3.63, 3.8) is 0 Å². The Balaban J connectivity index is 2.49. The molecule has 0 saturated carbocycles. The molecule has 0 fully saturated rings. The first-order chi connectivity index (χ1) is 9.67. The van der Waals surface area contributed by atoms with Crippen molar-refractivity contribution >= 4 is 5.97 Å². The minimum atomic E-state index is -0.504. The molecule has 3 heteroatoms. The molecule has 0 amide bonds. The highest BCUT2D eigenvalue weighted by Crippen LogP contribution is 2.37. The van der Waals surface area contributed by atoms with Crippen LogP contribution in [0.1, 0.15) is 5.56 Å². The van der Waals surface area contributed by atoms with Crippen molar-refractivity contribution in [2.24, 2.45) is 0 Å². The molecule has 2 aromatic carbocycles. The maximum Gasteiger partial charge on any atom is 0.335 e. The van der Waals surface area contributed by atoms with Crippen molar-refractivity contribution in [3.05, 3.63) is 60.7 Å². The van der Waals surface area contributed by atoms with E-state index >= 15 is 0 Å². The topological polar surface area (TPSA) is 35.5 Å². The Morgan fingerprint density at radius 1 is 1.15 bits per heavy atom. The molecule has 0 aliphatic carbocycles. The number of methoxy groups -OCH3 is 1. The number of ether oxygens (including phenoxy) is 2. The lowest BCUT2D eigenvalue weighted by molar-refractivity contribution is -0.129. The summed E-state index contributed by atoms with van der Waals surface area (Å²) >= 11 is 0. The van der Waals surface area contributed by atoms with Crippen LogP contribution in [0.5, 0.6) is 11.5 Å². The van der Waals surface area contributed by atoms with Gasteiger partial charge in [-0.3, -0.25) is 0 Å². The van der Waals surface area contributed by atoms with Gasteiger partial charge in [-0.2, -0.15) is 0 Å². The van der Waals surface area contributed by atoms with Crippen LogP contribution < -0.4 is 9.47 Å². The van der Waals surface area contributed by atoms with Gasteiger partial charge in [0.2, 0.25) is 0 Å². The van der Waals surface area contributed by atoms with Gasteiger partial charge in [-0.15, -0.1) is 0 Å². The van der Waals surface area contributed by atoms with Gasteiger partial charge in [-0.05, 0) is 24.1 Å². The normalized spacial score (nSPS) is 9.90. The largest absolute Gasteiger partial charge is 0.493 e. The van der Waals surface area contributed by atoms with E-state index < -0.39 is 5.97 Å². The maximum atomic E-state index is 11.3. The van der Waals surface area contributed by atoms with Crippen molar-refractivity contribution in [2.75, 3.05) is 7.11 Å². The van der Waals surface area contributed by atoms with Crippen molar-refractivity contribution < 1.29 is 14.3 Å². The van der Waals surface area contributed by atoms with Crippen LogP contribution in [-0.2, 0) is 4.79 Å². The first-order valence-corrected chi connectivity index (χ1v) is 6.24. The van der Waals surface area contributed by atoms with Gasteiger partial charge in [-0.1, -0.05) is 43.0 Å². The number of carbonyl (C=O) groups excluding carboxylic acids is 1. The van der Waals surface area contributed by atoms with Gasteiger partial charge < -0.3 is 9.47 Å². The fourth-order valence-corrected chi connectivity index (χ4v) is 2.08. The fourth-order valence-electron chi connectivity index (χ4n) is 2.08. The number of esters is 1. The Morgan fingerprint density at radius 3 is 2.45 bits per heavy atom. The van der Waals surface area contributed by atoms with E-state index in [1.807, 2.05) is 43.3 Å². The second-order valence-corrected chi connectivity index (χ2v) is 4.26. The van der Waals surface area contributed by atoms with Gasteiger partial charge in [0.25, 0.3) is 0 Å². The highest BCUT2D eigenvalue weighted by molar-refractivity contribution is 5.84. The molecule has 0 bridgehead atoms. The zero-order valence-corrected chi connectivity index (χ0v) is 11.6. The van der Waals surface area contributed by atoms with Crippen molar-refractivity contribution in [1.82, 2.24) is 0 Å². The minimum absolute atomic E-state index is 0.398. The minimum Gasteiger partial charge on any atom is -0.493 e. The third-order valence-electron chi connectivity index (χ3n) is 3.04. The third kappa shape index (κ3) is 2.72. The van der Waals surface area contributed by atoms with Gasteiger partial charge in [0, 0.05) is 11.6 Å². The van der Waals surface area contributed by atoms with Crippen LogP contribution in [0.25, 0.3) is 11.1 Å². The molecule has 0 aromatic heterocycles. The maximum absolute atomic E-state index is 11.3. The molecule has 0 unspecified atom stereocenters. The Labute approximate surface area is 118 Å². The molecule has 3 nitrogen and oxygen atoms in total. The number of hydrogen-bond acceptors (Lipinski definition) is 3. The predicted molar refractivity (Wildman–Crippen MR) is 79.0 cm³/mol. The Hall–Kier alpha value is -2.55. The Morgan fingerprint density at radius 2 is 1.85 bits per heavy atom. The van der Waals surface area contributed by atoms with Gasteiger partial charge in [0.1, 0.15) is 0 Å². The predicted octanol–water partition coefficient (Wildman–Crippen LogP) is 3.76. The van der Waals surface area contributed by atoms with Gasteiger partial charge in [0.15, 0.2) is 11.5 Å². The summed E-state index contributed by atoms with van der Waals surface area (Å²) in [5, 5.41) is 0. The van der Waals surface area contributed by atoms with Gasteiger partial charge in [0.05, 0.1) is 7.11 Å². The first-order valence-electron chi connectivity index (χ1n) is 6.24. The highest BCUT2D eigenvalue weighted by Gasteiger charge is 2.14. The van der Waals surface area contributed by atoms with Gasteiger partial charge >= 0.3 is 5.97 Å². The number of benzene rings is 2. The summed E-state index contributed by atoms with van der Waals surface area (Å²) in [5.41, 5.74) is 3.05. The average Bonchev–Trinajstić information content (AvgIpc) is 2.48. The Kier molecular flexibility index (Phi) is 4.20. The van der Waals surface area contributed by atoms with Crippen molar-refractivity contribution in [3.8, 4) is 22.6 Å². The van der Waals surface area contributed by atoms with E-state index in [-0.39, 0.29) is 0 Å². The monoisotopic (exact) mass is 268 g/mol. The molecule has 2 rings (SSSR count). The highest BCUT2D eigenvalue weighted by atomic mass is 16.6. The summed E-state index contributed by atoms with van der Waals surface area (Å²) in [4.78, 5) is 11.3. The zero-order valence-electron chi connectivity index (χ0n) is 11.6. The second kappa shape index (κ2) is 6.06. The summed E-state index contributed by atoms with van der Waals surface area (Å²) in [5.74, 6) is 0.450. The molecule has 20 heavy (non-hydrogen) atoms. The lowest BCUT2D eigenvalue weighted by atomic mass is 9.99. The van der Waals surface area contributed by atoms with Gasteiger partial charge in [-0.25, -0.2) is 4.79 Å². The van der Waals surface area contributed by atoms with E-state index in [1.165, 1.54) is 0 Å². The van der Waals surface area contributed by atoms with E-state index in [1.54, 1.807) is 13.2 Å². The summed E-state index contributed by atoms with van der Waals surface area (Å²) in [6.45, 7) is 5.32. The lowest BCUT2D eigenvalue weighted by Gasteiger charge is -2.14. The van der Waals surface area contributed by atoms with Crippen LogP contribution in [0.2, 0.25) is 0 Å². The first kappa shape index (κ1) is 13.9. The molecule has 102 valence electrons. The molecular weight excluding hydrogens is 252 g/mol. The molecular formula is C17H16O3. The van der Waals surface area contributed by atoms with Crippen LogP contribution in [0.3, 0.4) is 0 Å². The summed E-state index contributed by atoms with van der Waals surface area (Å²) in [6, 6.07) is 13.6. The summed E-state index contributed by atoms with van der Waals surface area (Å²) in [7, 11) is 1.56. The Bertz CT molecular complexity index is 630. The van der Waals surface area contributed by atoms with Crippen LogP contribution in [0.4, 0.5) is 0 Å². The fraction of sp³-hybridized carbons (Fsp3) is 0.118. The molecule has 0 N–H and O–H groups in total. The molecule has 0 saturated heterocycles. The number of carbonyl (C=O) groups is 1. The van der Waals surface area contributed by atoms with Crippen LogP contribution >= 0.6 is 0 Å². The summed E-state index contributed by atoms with van der Waals surface area (Å²) in [6.07, 6.45) is 1.12. The molecule has 0 atom stereocenters. The number of rotatable bonds is 4. The van der Waals surface area contributed by atoms with Crippen LogP contribution in [0, 0.1) is 6.92 Å². The molecule has 0 aliphatic rings. The van der Waals surface area contributed by atoms with E-state index in [0.717, 1.165) is 22.8 Å². The van der Waals surface area contributed by atoms with E-state index in [0.29, 0.717) is 11.5 Å². The van der Waals surface area contributed by atoms with E-state index in [4.69, 9.17) is 9.47 Å². The summed E-state index contributed by atoms with van der Waals surface area (Å²) < 4.78 is 10.5. The SMILES string of the molecule is C=CC(=O)Oc1ccc(-c2ccccc2)c(C)c1OC. The molecule has 0 radical (unpaired) electrons. The van der Waals surface area contributed by atoms with Crippen molar-refractivity contribution in [1.29, 1.82) is 0 Å².